The van der Waals surface area contributed by atoms with Crippen molar-refractivity contribution in [1.29, 1.82) is 0 Å². The molecular formula is C15H13N. The van der Waals surface area contributed by atoms with Crippen LogP contribution in [0, 0.1) is 25.7 Å². The third-order valence-electron chi connectivity index (χ3n) is 2.21. The second-order valence-electron chi connectivity index (χ2n) is 3.79. The van der Waals surface area contributed by atoms with E-state index in [1.54, 1.807) is 0 Å². The van der Waals surface area contributed by atoms with Gasteiger partial charge in [0.05, 0.1) is 0 Å². The van der Waals surface area contributed by atoms with Gasteiger partial charge in [-0.15, -0.1) is 0 Å². The summed E-state index contributed by atoms with van der Waals surface area (Å²) in [4.78, 5) is 4.38. The molecule has 1 heteroatoms. The monoisotopic (exact) mass is 207 g/mol. The molecule has 16 heavy (non-hydrogen) atoms. The van der Waals surface area contributed by atoms with Crippen molar-refractivity contribution in [1.82, 2.24) is 4.98 Å². The molecule has 0 aliphatic carbocycles. The number of benzene rings is 1. The molecule has 0 amide bonds. The van der Waals surface area contributed by atoms with Gasteiger partial charge >= 0.3 is 0 Å². The highest BCUT2D eigenvalue weighted by Crippen LogP contribution is 2.03. The molecule has 1 nitrogen and oxygen atoms in total. The molecule has 2 rings (SSSR count). The molecule has 0 radical (unpaired) electrons. The molecular weight excluding hydrogens is 194 g/mol. The maximum absolute atomic E-state index is 4.38. The third kappa shape index (κ3) is 2.71. The highest BCUT2D eigenvalue weighted by Gasteiger charge is 1.93. The van der Waals surface area contributed by atoms with Gasteiger partial charge in [-0.25, -0.2) is 4.98 Å². The van der Waals surface area contributed by atoms with Crippen molar-refractivity contribution in [2.45, 2.75) is 13.8 Å². The predicted molar refractivity (Wildman–Crippen MR) is 66.1 cm³/mol. The van der Waals surface area contributed by atoms with Crippen molar-refractivity contribution in [3.63, 3.8) is 0 Å². The van der Waals surface area contributed by atoms with Crippen molar-refractivity contribution in [3.05, 3.63) is 65.0 Å². The minimum Gasteiger partial charge on any atom is -0.245 e. The standard InChI is InChI=1S/C15H13N/c1-12-10-13(2)16-15(11-12)9-8-14-6-4-3-5-7-14/h3-7,10-11H,1-2H3. The highest BCUT2D eigenvalue weighted by atomic mass is 14.7. The SMILES string of the molecule is Cc1cc(C)nc(C#Cc2ccccc2)c1. The molecule has 1 aromatic carbocycles. The van der Waals surface area contributed by atoms with Gasteiger partial charge in [-0.1, -0.05) is 24.1 Å². The van der Waals surface area contributed by atoms with E-state index in [2.05, 4.69) is 23.7 Å². The van der Waals surface area contributed by atoms with Crippen LogP contribution < -0.4 is 0 Å². The van der Waals surface area contributed by atoms with Crippen molar-refractivity contribution in [2.24, 2.45) is 0 Å². The Labute approximate surface area is 96.2 Å². The Morgan fingerprint density at radius 1 is 0.938 bits per heavy atom. The Hall–Kier alpha value is -2.07. The fourth-order valence-corrected chi connectivity index (χ4v) is 1.56. The predicted octanol–water partition coefficient (Wildman–Crippen LogP) is 3.10. The average Bonchev–Trinajstić information content (AvgIpc) is 2.27. The van der Waals surface area contributed by atoms with Gasteiger partial charge < -0.3 is 0 Å². The number of hydrogen-bond donors (Lipinski definition) is 0. The lowest BCUT2D eigenvalue weighted by atomic mass is 10.2. The minimum atomic E-state index is 0.835. The van der Waals surface area contributed by atoms with E-state index in [1.807, 2.05) is 49.4 Å². The fraction of sp³-hybridized carbons (Fsp3) is 0.133. The molecule has 2 aromatic rings. The first-order valence-corrected chi connectivity index (χ1v) is 5.26. The van der Waals surface area contributed by atoms with Crippen LogP contribution in [-0.4, -0.2) is 4.98 Å². The molecule has 1 heterocycles. The Morgan fingerprint density at radius 3 is 2.38 bits per heavy atom. The lowest BCUT2D eigenvalue weighted by Gasteiger charge is -1.96. The van der Waals surface area contributed by atoms with Gasteiger partial charge in [0.15, 0.2) is 0 Å². The summed E-state index contributed by atoms with van der Waals surface area (Å²) in [7, 11) is 0. The quantitative estimate of drug-likeness (QED) is 0.605. The van der Waals surface area contributed by atoms with E-state index in [0.29, 0.717) is 0 Å². The third-order valence-corrected chi connectivity index (χ3v) is 2.21. The zero-order valence-corrected chi connectivity index (χ0v) is 9.49. The lowest BCUT2D eigenvalue weighted by molar-refractivity contribution is 1.15. The van der Waals surface area contributed by atoms with Crippen molar-refractivity contribution in [2.75, 3.05) is 0 Å². The topological polar surface area (TPSA) is 12.9 Å². The van der Waals surface area contributed by atoms with Crippen LogP contribution in [0.3, 0.4) is 0 Å². The smallest absolute Gasteiger partial charge is 0.114 e. The van der Waals surface area contributed by atoms with E-state index in [9.17, 15) is 0 Å². The first-order valence-electron chi connectivity index (χ1n) is 5.26. The van der Waals surface area contributed by atoms with Crippen molar-refractivity contribution >= 4 is 0 Å². The Balaban J connectivity index is 2.31. The van der Waals surface area contributed by atoms with Gasteiger partial charge in [0.25, 0.3) is 0 Å². The number of aryl methyl sites for hydroxylation is 2. The number of hydrogen-bond acceptors (Lipinski definition) is 1. The van der Waals surface area contributed by atoms with Crippen LogP contribution >= 0.6 is 0 Å². The summed E-state index contributed by atoms with van der Waals surface area (Å²) < 4.78 is 0. The molecule has 1 aromatic heterocycles. The van der Waals surface area contributed by atoms with E-state index in [0.717, 1.165) is 17.0 Å². The zero-order chi connectivity index (χ0) is 11.4. The van der Waals surface area contributed by atoms with E-state index < -0.39 is 0 Å². The maximum Gasteiger partial charge on any atom is 0.114 e. The van der Waals surface area contributed by atoms with Crippen LogP contribution in [0.4, 0.5) is 0 Å². The van der Waals surface area contributed by atoms with Gasteiger partial charge in [0.2, 0.25) is 0 Å². The van der Waals surface area contributed by atoms with Gasteiger partial charge in [-0.2, -0.15) is 0 Å². The largest absolute Gasteiger partial charge is 0.245 e. The molecule has 0 N–H and O–H groups in total. The zero-order valence-electron chi connectivity index (χ0n) is 9.49. The molecule has 0 fully saturated rings. The summed E-state index contributed by atoms with van der Waals surface area (Å²) in [5.41, 5.74) is 4.06. The summed E-state index contributed by atoms with van der Waals surface area (Å²) in [6, 6.07) is 14.0. The number of rotatable bonds is 0. The Kier molecular flexibility index (Phi) is 3.03. The van der Waals surface area contributed by atoms with Crippen LogP contribution in [0.2, 0.25) is 0 Å². The van der Waals surface area contributed by atoms with E-state index in [1.165, 1.54) is 5.56 Å². The van der Waals surface area contributed by atoms with Crippen LogP contribution in [0.15, 0.2) is 42.5 Å². The molecule has 0 unspecified atom stereocenters. The maximum atomic E-state index is 4.38. The number of pyridine rings is 1. The Morgan fingerprint density at radius 2 is 1.69 bits per heavy atom. The highest BCUT2D eigenvalue weighted by molar-refractivity contribution is 5.41. The van der Waals surface area contributed by atoms with Gasteiger partial charge in [0, 0.05) is 11.3 Å². The fourth-order valence-electron chi connectivity index (χ4n) is 1.56. The van der Waals surface area contributed by atoms with Crippen LogP contribution in [0.1, 0.15) is 22.5 Å². The van der Waals surface area contributed by atoms with Crippen LogP contribution in [-0.2, 0) is 0 Å². The minimum absolute atomic E-state index is 0.835. The van der Waals surface area contributed by atoms with E-state index in [-0.39, 0.29) is 0 Å². The summed E-state index contributed by atoms with van der Waals surface area (Å²) in [5.74, 6) is 6.18. The van der Waals surface area contributed by atoms with Gasteiger partial charge in [-0.3, -0.25) is 0 Å². The number of aromatic nitrogens is 1. The second kappa shape index (κ2) is 4.63. The lowest BCUT2D eigenvalue weighted by Crippen LogP contribution is -1.88. The van der Waals surface area contributed by atoms with Crippen LogP contribution in [0.25, 0.3) is 0 Å². The molecule has 0 saturated carbocycles. The number of nitrogens with zero attached hydrogens (tertiary/aromatic N) is 1. The normalized spacial score (nSPS) is 9.38. The molecule has 0 spiro atoms. The summed E-state index contributed by atoms with van der Waals surface area (Å²) >= 11 is 0. The molecule has 0 atom stereocenters. The summed E-state index contributed by atoms with van der Waals surface area (Å²) in [6.45, 7) is 4.04. The second-order valence-corrected chi connectivity index (χ2v) is 3.79. The van der Waals surface area contributed by atoms with E-state index >= 15 is 0 Å². The van der Waals surface area contributed by atoms with Crippen molar-refractivity contribution < 1.29 is 0 Å². The first-order chi connectivity index (χ1) is 7.74. The van der Waals surface area contributed by atoms with Gasteiger partial charge in [0.1, 0.15) is 5.69 Å². The van der Waals surface area contributed by atoms with Crippen molar-refractivity contribution in [3.8, 4) is 11.8 Å². The molecule has 0 saturated heterocycles. The molecule has 78 valence electrons. The molecule has 0 bridgehead atoms. The first kappa shape index (κ1) is 10.4. The van der Waals surface area contributed by atoms with Gasteiger partial charge in [-0.05, 0) is 49.6 Å². The molecule has 0 aliphatic heterocycles. The summed E-state index contributed by atoms with van der Waals surface area (Å²) in [5, 5.41) is 0. The molecule has 0 aliphatic rings. The Bertz CT molecular complexity index is 524. The van der Waals surface area contributed by atoms with E-state index in [4.69, 9.17) is 0 Å². The average molecular weight is 207 g/mol. The van der Waals surface area contributed by atoms with Crippen LogP contribution in [0.5, 0.6) is 0 Å². The summed E-state index contributed by atoms with van der Waals surface area (Å²) in [6.07, 6.45) is 0.